The van der Waals surface area contributed by atoms with Crippen LogP contribution in [-0.4, -0.2) is 31.1 Å². The van der Waals surface area contributed by atoms with E-state index in [0.717, 1.165) is 24.6 Å². The Kier molecular flexibility index (Phi) is 3.58. The van der Waals surface area contributed by atoms with Crippen molar-refractivity contribution in [3.8, 4) is 6.07 Å². The molecule has 2 aliphatic heterocycles. The molecule has 3 rings (SSSR count). The number of hydrogen-bond acceptors (Lipinski definition) is 4. The van der Waals surface area contributed by atoms with Crippen LogP contribution in [0.5, 0.6) is 0 Å². The van der Waals surface area contributed by atoms with Gasteiger partial charge in [0, 0.05) is 6.04 Å². The van der Waals surface area contributed by atoms with Gasteiger partial charge in [-0.05, 0) is 63.4 Å². The maximum atomic E-state index is 8.87. The Bertz CT molecular complexity index is 480. The van der Waals surface area contributed by atoms with E-state index < -0.39 is 0 Å². The van der Waals surface area contributed by atoms with E-state index in [1.54, 1.807) is 0 Å². The molecule has 102 valence electrons. The SMILES string of the molecule is CN1CCC(CC2Cc3cc(C#N)oc3CN2)CC1. The van der Waals surface area contributed by atoms with Gasteiger partial charge >= 0.3 is 0 Å². The maximum absolute atomic E-state index is 8.87. The van der Waals surface area contributed by atoms with Gasteiger partial charge in [-0.3, -0.25) is 0 Å². The number of furan rings is 1. The van der Waals surface area contributed by atoms with Crippen molar-refractivity contribution in [1.29, 1.82) is 5.26 Å². The highest BCUT2D eigenvalue weighted by Crippen LogP contribution is 2.27. The fourth-order valence-electron chi connectivity index (χ4n) is 3.29. The van der Waals surface area contributed by atoms with Gasteiger partial charge in [-0.25, -0.2) is 0 Å². The fourth-order valence-corrected chi connectivity index (χ4v) is 3.29. The molecule has 0 spiro atoms. The number of likely N-dealkylation sites (tertiary alicyclic amines) is 1. The summed E-state index contributed by atoms with van der Waals surface area (Å²) in [6, 6.07) is 4.55. The molecule has 1 aromatic heterocycles. The molecule has 3 heterocycles. The lowest BCUT2D eigenvalue weighted by molar-refractivity contribution is 0.197. The Balaban J connectivity index is 1.58. The summed E-state index contributed by atoms with van der Waals surface area (Å²) in [4.78, 5) is 2.41. The van der Waals surface area contributed by atoms with E-state index in [-0.39, 0.29) is 0 Å². The number of nitrogens with zero attached hydrogens (tertiary/aromatic N) is 2. The molecule has 0 aromatic carbocycles. The van der Waals surface area contributed by atoms with Crippen LogP contribution >= 0.6 is 0 Å². The Morgan fingerprint density at radius 2 is 2.26 bits per heavy atom. The van der Waals surface area contributed by atoms with Crippen molar-refractivity contribution in [3.63, 3.8) is 0 Å². The van der Waals surface area contributed by atoms with Crippen molar-refractivity contribution in [3.05, 3.63) is 23.2 Å². The van der Waals surface area contributed by atoms with Crippen LogP contribution in [-0.2, 0) is 13.0 Å². The maximum Gasteiger partial charge on any atom is 0.204 e. The highest BCUT2D eigenvalue weighted by atomic mass is 16.3. The molecule has 1 atom stereocenters. The highest BCUT2D eigenvalue weighted by Gasteiger charge is 2.26. The fraction of sp³-hybridized carbons (Fsp3) is 0.667. The van der Waals surface area contributed by atoms with Crippen LogP contribution in [0.15, 0.2) is 10.5 Å². The molecule has 1 saturated heterocycles. The number of nitrogens with one attached hydrogen (secondary N) is 1. The minimum atomic E-state index is 0.451. The first-order chi connectivity index (χ1) is 9.24. The second-order valence-corrected chi connectivity index (χ2v) is 5.94. The zero-order valence-corrected chi connectivity index (χ0v) is 11.5. The van der Waals surface area contributed by atoms with E-state index in [1.165, 1.54) is 37.9 Å². The quantitative estimate of drug-likeness (QED) is 0.881. The third-order valence-electron chi connectivity index (χ3n) is 4.48. The highest BCUT2D eigenvalue weighted by molar-refractivity contribution is 5.30. The average Bonchev–Trinajstić information content (AvgIpc) is 2.83. The molecule has 1 unspecified atom stereocenters. The third kappa shape index (κ3) is 2.83. The molecule has 4 heteroatoms. The summed E-state index contributed by atoms with van der Waals surface area (Å²) < 4.78 is 5.48. The van der Waals surface area contributed by atoms with Gasteiger partial charge < -0.3 is 14.6 Å². The molecule has 0 aliphatic carbocycles. The summed E-state index contributed by atoms with van der Waals surface area (Å²) >= 11 is 0. The van der Waals surface area contributed by atoms with Crippen molar-refractivity contribution < 1.29 is 4.42 Å². The first-order valence-corrected chi connectivity index (χ1v) is 7.18. The lowest BCUT2D eigenvalue weighted by Gasteiger charge is -2.32. The molecule has 2 aliphatic rings. The predicted octanol–water partition coefficient (Wildman–Crippen LogP) is 1.90. The molecule has 0 saturated carbocycles. The van der Waals surface area contributed by atoms with Gasteiger partial charge in [-0.1, -0.05) is 0 Å². The van der Waals surface area contributed by atoms with Gasteiger partial charge in [0.25, 0.3) is 0 Å². The molecule has 19 heavy (non-hydrogen) atoms. The first-order valence-electron chi connectivity index (χ1n) is 7.18. The summed E-state index contributed by atoms with van der Waals surface area (Å²) in [6.45, 7) is 3.23. The van der Waals surface area contributed by atoms with E-state index in [9.17, 15) is 0 Å². The van der Waals surface area contributed by atoms with Gasteiger partial charge in [-0.2, -0.15) is 5.26 Å². The van der Waals surface area contributed by atoms with Crippen molar-refractivity contribution in [2.75, 3.05) is 20.1 Å². The van der Waals surface area contributed by atoms with Crippen LogP contribution in [0.3, 0.4) is 0 Å². The Morgan fingerprint density at radius 1 is 1.47 bits per heavy atom. The van der Waals surface area contributed by atoms with Crippen LogP contribution in [0.2, 0.25) is 0 Å². The van der Waals surface area contributed by atoms with Gasteiger partial charge in [0.2, 0.25) is 5.76 Å². The number of piperidine rings is 1. The summed E-state index contributed by atoms with van der Waals surface area (Å²) in [5.74, 6) is 2.25. The third-order valence-corrected chi connectivity index (χ3v) is 4.48. The van der Waals surface area contributed by atoms with Crippen molar-refractivity contribution >= 4 is 0 Å². The predicted molar refractivity (Wildman–Crippen MR) is 72.6 cm³/mol. The van der Waals surface area contributed by atoms with Crippen molar-refractivity contribution in [2.24, 2.45) is 5.92 Å². The van der Waals surface area contributed by atoms with E-state index in [4.69, 9.17) is 9.68 Å². The summed E-state index contributed by atoms with van der Waals surface area (Å²) in [5.41, 5.74) is 1.23. The zero-order chi connectivity index (χ0) is 13.2. The zero-order valence-electron chi connectivity index (χ0n) is 11.5. The standard InChI is InChI=1S/C15H21N3O/c1-18-4-2-11(3-5-18)6-13-7-12-8-14(9-16)19-15(12)10-17-13/h8,11,13,17H,2-7,10H2,1H3. The number of hydrogen-bond donors (Lipinski definition) is 1. The van der Waals surface area contributed by atoms with E-state index >= 15 is 0 Å². The molecule has 1 N–H and O–H groups in total. The minimum absolute atomic E-state index is 0.451. The Hall–Kier alpha value is -1.31. The largest absolute Gasteiger partial charge is 0.449 e. The van der Waals surface area contributed by atoms with E-state index in [2.05, 4.69) is 23.3 Å². The van der Waals surface area contributed by atoms with Gasteiger partial charge in [0.15, 0.2) is 0 Å². The normalized spacial score (nSPS) is 24.9. The Labute approximate surface area is 114 Å². The molecular weight excluding hydrogens is 238 g/mol. The summed E-state index contributed by atoms with van der Waals surface area (Å²) in [5, 5.41) is 12.4. The number of nitriles is 1. The molecule has 0 radical (unpaired) electrons. The summed E-state index contributed by atoms with van der Waals surface area (Å²) in [7, 11) is 2.20. The van der Waals surface area contributed by atoms with Crippen LogP contribution < -0.4 is 5.32 Å². The lowest BCUT2D eigenvalue weighted by atomic mass is 9.87. The van der Waals surface area contributed by atoms with Crippen molar-refractivity contribution in [2.45, 2.75) is 38.3 Å². The van der Waals surface area contributed by atoms with Crippen LogP contribution in [0.25, 0.3) is 0 Å². The second-order valence-electron chi connectivity index (χ2n) is 5.94. The monoisotopic (exact) mass is 259 g/mol. The Morgan fingerprint density at radius 3 is 3.00 bits per heavy atom. The molecule has 0 amide bonds. The minimum Gasteiger partial charge on any atom is -0.449 e. The molecular formula is C15H21N3O. The van der Waals surface area contributed by atoms with Gasteiger partial charge in [-0.15, -0.1) is 0 Å². The molecule has 1 fully saturated rings. The van der Waals surface area contributed by atoms with Crippen LogP contribution in [0, 0.1) is 17.2 Å². The van der Waals surface area contributed by atoms with Gasteiger partial charge in [0.05, 0.1) is 6.54 Å². The first kappa shape index (κ1) is 12.7. The van der Waals surface area contributed by atoms with Crippen LogP contribution in [0.1, 0.15) is 36.3 Å². The lowest BCUT2D eigenvalue weighted by Crippen LogP contribution is -2.39. The molecule has 1 aromatic rings. The van der Waals surface area contributed by atoms with Gasteiger partial charge in [0.1, 0.15) is 11.8 Å². The molecule has 0 bridgehead atoms. The number of fused-ring (bicyclic) bond motifs is 1. The number of rotatable bonds is 2. The van der Waals surface area contributed by atoms with Crippen LogP contribution in [0.4, 0.5) is 0 Å². The second kappa shape index (κ2) is 5.36. The summed E-state index contributed by atoms with van der Waals surface area (Å²) in [6.07, 6.45) is 4.89. The van der Waals surface area contributed by atoms with Crippen molar-refractivity contribution in [1.82, 2.24) is 10.2 Å². The average molecular weight is 259 g/mol. The molecule has 4 nitrogen and oxygen atoms in total. The smallest absolute Gasteiger partial charge is 0.204 e. The van der Waals surface area contributed by atoms with E-state index in [1.807, 2.05) is 6.07 Å². The van der Waals surface area contributed by atoms with E-state index in [0.29, 0.717) is 11.8 Å². The topological polar surface area (TPSA) is 52.2 Å².